The molecule has 19 heavy (non-hydrogen) atoms. The van der Waals surface area contributed by atoms with E-state index in [2.05, 4.69) is 6.92 Å². The van der Waals surface area contributed by atoms with Crippen molar-refractivity contribution in [3.8, 4) is 11.3 Å². The van der Waals surface area contributed by atoms with E-state index in [1.54, 1.807) is 18.2 Å². The van der Waals surface area contributed by atoms with Crippen LogP contribution >= 0.6 is 0 Å². The van der Waals surface area contributed by atoms with Gasteiger partial charge in [-0.1, -0.05) is 31.5 Å². The van der Waals surface area contributed by atoms with Crippen molar-refractivity contribution < 1.29 is 17.6 Å². The third-order valence-corrected chi connectivity index (χ3v) is 2.94. The zero-order valence-corrected chi connectivity index (χ0v) is 10.6. The predicted octanol–water partition coefficient (Wildman–Crippen LogP) is 5.31. The van der Waals surface area contributed by atoms with Crippen molar-refractivity contribution in [1.29, 1.82) is 0 Å². The summed E-state index contributed by atoms with van der Waals surface area (Å²) in [5.41, 5.74) is -0.566. The molecule has 0 radical (unpaired) electrons. The third kappa shape index (κ3) is 3.19. The van der Waals surface area contributed by atoms with Crippen molar-refractivity contribution in [2.24, 2.45) is 0 Å². The van der Waals surface area contributed by atoms with Crippen LogP contribution in [0.4, 0.5) is 13.2 Å². The molecule has 0 aliphatic rings. The van der Waals surface area contributed by atoms with Gasteiger partial charge in [0.2, 0.25) is 0 Å². The molecule has 0 fully saturated rings. The Hall–Kier alpha value is -1.71. The van der Waals surface area contributed by atoms with Crippen LogP contribution in [-0.2, 0) is 12.6 Å². The summed E-state index contributed by atoms with van der Waals surface area (Å²) < 4.78 is 44.2. The van der Waals surface area contributed by atoms with Gasteiger partial charge in [0.15, 0.2) is 0 Å². The maximum Gasteiger partial charge on any atom is 0.417 e. The molecule has 4 heteroatoms. The SMILES string of the molecule is CCCCc1ccc(-c2ccccc2C(F)(F)F)o1. The zero-order valence-electron chi connectivity index (χ0n) is 10.6. The number of benzene rings is 1. The highest BCUT2D eigenvalue weighted by atomic mass is 19.4. The molecule has 0 aliphatic heterocycles. The van der Waals surface area contributed by atoms with Crippen LogP contribution in [0.3, 0.4) is 0 Å². The van der Waals surface area contributed by atoms with Crippen LogP contribution in [0.1, 0.15) is 31.1 Å². The second-order valence-electron chi connectivity index (χ2n) is 4.41. The molecule has 0 saturated heterocycles. The number of alkyl halides is 3. The molecule has 1 aromatic heterocycles. The molecule has 0 N–H and O–H groups in total. The molecule has 0 saturated carbocycles. The number of furan rings is 1. The molecule has 0 bridgehead atoms. The number of rotatable bonds is 4. The Labute approximate surface area is 110 Å². The normalized spacial score (nSPS) is 11.8. The summed E-state index contributed by atoms with van der Waals surface area (Å²) in [6.45, 7) is 2.06. The third-order valence-electron chi connectivity index (χ3n) is 2.94. The molecule has 0 amide bonds. The fourth-order valence-corrected chi connectivity index (χ4v) is 1.95. The Morgan fingerprint density at radius 1 is 1.05 bits per heavy atom. The van der Waals surface area contributed by atoms with Gasteiger partial charge in [-0.3, -0.25) is 0 Å². The molecular weight excluding hydrogens is 253 g/mol. The van der Waals surface area contributed by atoms with Crippen molar-refractivity contribution in [2.45, 2.75) is 32.4 Å². The second-order valence-corrected chi connectivity index (χ2v) is 4.41. The van der Waals surface area contributed by atoms with E-state index in [4.69, 9.17) is 4.42 Å². The smallest absolute Gasteiger partial charge is 0.417 e. The second kappa shape index (κ2) is 5.51. The Bertz CT molecular complexity index is 540. The predicted molar refractivity (Wildman–Crippen MR) is 67.8 cm³/mol. The van der Waals surface area contributed by atoms with Crippen molar-refractivity contribution in [3.05, 3.63) is 47.7 Å². The summed E-state index contributed by atoms with van der Waals surface area (Å²) in [5.74, 6) is 1.01. The quantitative estimate of drug-likeness (QED) is 0.732. The summed E-state index contributed by atoms with van der Waals surface area (Å²) >= 11 is 0. The van der Waals surface area contributed by atoms with Gasteiger partial charge in [0.05, 0.1) is 5.56 Å². The largest absolute Gasteiger partial charge is 0.461 e. The molecule has 0 atom stereocenters. The van der Waals surface area contributed by atoms with Crippen LogP contribution in [0.25, 0.3) is 11.3 Å². The Kier molecular flexibility index (Phi) is 3.98. The average Bonchev–Trinajstić information content (AvgIpc) is 2.84. The zero-order chi connectivity index (χ0) is 13.9. The first kappa shape index (κ1) is 13.7. The summed E-state index contributed by atoms with van der Waals surface area (Å²) in [6, 6.07) is 8.83. The van der Waals surface area contributed by atoms with Crippen molar-refractivity contribution in [1.82, 2.24) is 0 Å². The molecule has 102 valence electrons. The Morgan fingerprint density at radius 2 is 1.79 bits per heavy atom. The van der Waals surface area contributed by atoms with Gasteiger partial charge < -0.3 is 4.42 Å². The summed E-state index contributed by atoms with van der Waals surface area (Å²) in [6.07, 6.45) is -1.62. The van der Waals surface area contributed by atoms with Crippen LogP contribution in [-0.4, -0.2) is 0 Å². The first-order chi connectivity index (χ1) is 9.02. The highest BCUT2D eigenvalue weighted by Crippen LogP contribution is 2.37. The molecule has 2 rings (SSSR count). The number of halogens is 3. The first-order valence-electron chi connectivity index (χ1n) is 6.27. The highest BCUT2D eigenvalue weighted by molar-refractivity contribution is 5.63. The number of hydrogen-bond donors (Lipinski definition) is 0. The highest BCUT2D eigenvalue weighted by Gasteiger charge is 2.33. The molecule has 0 unspecified atom stereocenters. The number of hydrogen-bond acceptors (Lipinski definition) is 1. The van der Waals surface area contributed by atoms with Gasteiger partial charge in [-0.05, 0) is 24.6 Å². The minimum Gasteiger partial charge on any atom is -0.461 e. The summed E-state index contributed by atoms with van der Waals surface area (Å²) in [7, 11) is 0. The van der Waals surface area contributed by atoms with Crippen LogP contribution < -0.4 is 0 Å². The van der Waals surface area contributed by atoms with Crippen molar-refractivity contribution >= 4 is 0 Å². The van der Waals surface area contributed by atoms with E-state index in [0.717, 1.165) is 31.1 Å². The topological polar surface area (TPSA) is 13.1 Å². The molecule has 1 heterocycles. The van der Waals surface area contributed by atoms with E-state index in [-0.39, 0.29) is 11.3 Å². The van der Waals surface area contributed by atoms with E-state index in [1.807, 2.05) is 0 Å². The molecule has 0 spiro atoms. The van der Waals surface area contributed by atoms with Crippen LogP contribution in [0.2, 0.25) is 0 Å². The monoisotopic (exact) mass is 268 g/mol. The van der Waals surface area contributed by atoms with E-state index >= 15 is 0 Å². The standard InChI is InChI=1S/C15H15F3O/c1-2-3-6-11-9-10-14(19-11)12-7-4-5-8-13(12)15(16,17)18/h4-5,7-10H,2-3,6H2,1H3. The van der Waals surface area contributed by atoms with Gasteiger partial charge >= 0.3 is 6.18 Å². The van der Waals surface area contributed by atoms with E-state index in [1.165, 1.54) is 12.1 Å². The fourth-order valence-electron chi connectivity index (χ4n) is 1.95. The molecule has 2 aromatic rings. The lowest BCUT2D eigenvalue weighted by Gasteiger charge is -2.10. The molecule has 0 aliphatic carbocycles. The Balaban J connectivity index is 2.34. The summed E-state index contributed by atoms with van der Waals surface area (Å²) in [5, 5.41) is 0. The molecular formula is C15H15F3O. The fraction of sp³-hybridized carbons (Fsp3) is 0.333. The maximum absolute atomic E-state index is 12.9. The first-order valence-corrected chi connectivity index (χ1v) is 6.27. The van der Waals surface area contributed by atoms with Gasteiger partial charge in [-0.25, -0.2) is 0 Å². The minimum atomic E-state index is -4.37. The van der Waals surface area contributed by atoms with Gasteiger partial charge in [0.25, 0.3) is 0 Å². The maximum atomic E-state index is 12.9. The van der Waals surface area contributed by atoms with Crippen molar-refractivity contribution in [3.63, 3.8) is 0 Å². The number of aryl methyl sites for hydroxylation is 1. The van der Waals surface area contributed by atoms with E-state index < -0.39 is 11.7 Å². The van der Waals surface area contributed by atoms with Crippen LogP contribution in [0, 0.1) is 0 Å². The Morgan fingerprint density at radius 3 is 2.47 bits per heavy atom. The van der Waals surface area contributed by atoms with E-state index in [9.17, 15) is 13.2 Å². The van der Waals surface area contributed by atoms with Gasteiger partial charge in [0, 0.05) is 12.0 Å². The van der Waals surface area contributed by atoms with Gasteiger partial charge in [-0.2, -0.15) is 13.2 Å². The van der Waals surface area contributed by atoms with Gasteiger partial charge in [-0.15, -0.1) is 0 Å². The summed E-state index contributed by atoms with van der Waals surface area (Å²) in [4.78, 5) is 0. The molecule has 1 nitrogen and oxygen atoms in total. The lowest BCUT2D eigenvalue weighted by Crippen LogP contribution is -2.06. The van der Waals surface area contributed by atoms with Crippen molar-refractivity contribution in [2.75, 3.05) is 0 Å². The number of unbranched alkanes of at least 4 members (excludes halogenated alkanes) is 1. The van der Waals surface area contributed by atoms with Crippen LogP contribution in [0.15, 0.2) is 40.8 Å². The van der Waals surface area contributed by atoms with Crippen LogP contribution in [0.5, 0.6) is 0 Å². The minimum absolute atomic E-state index is 0.0951. The van der Waals surface area contributed by atoms with E-state index in [0.29, 0.717) is 0 Å². The lowest BCUT2D eigenvalue weighted by atomic mass is 10.1. The average molecular weight is 268 g/mol. The molecule has 1 aromatic carbocycles. The lowest BCUT2D eigenvalue weighted by molar-refractivity contribution is -0.137. The van der Waals surface area contributed by atoms with Gasteiger partial charge in [0.1, 0.15) is 11.5 Å².